The molecule has 7 heteroatoms. The van der Waals surface area contributed by atoms with Gasteiger partial charge in [-0.15, -0.1) is 0 Å². The summed E-state index contributed by atoms with van der Waals surface area (Å²) >= 11 is 0. The van der Waals surface area contributed by atoms with Crippen molar-refractivity contribution in [2.45, 2.75) is 39.9 Å². The quantitative estimate of drug-likeness (QED) is 0.374. The van der Waals surface area contributed by atoms with Crippen LogP contribution in [0.3, 0.4) is 0 Å². The van der Waals surface area contributed by atoms with Crippen molar-refractivity contribution in [3.8, 4) is 0 Å². The van der Waals surface area contributed by atoms with Gasteiger partial charge in [-0.05, 0) is 67.8 Å². The van der Waals surface area contributed by atoms with E-state index in [2.05, 4.69) is 5.32 Å². The molecule has 0 fully saturated rings. The minimum Gasteiger partial charge on any atom is -0.478 e. The van der Waals surface area contributed by atoms with Gasteiger partial charge in [-0.1, -0.05) is 24.3 Å². The summed E-state index contributed by atoms with van der Waals surface area (Å²) in [6, 6.07) is 14.8. The third-order valence-corrected chi connectivity index (χ3v) is 6.54. The summed E-state index contributed by atoms with van der Waals surface area (Å²) in [5.74, 6) is -0.854. The Balaban J connectivity index is 1.60. The summed E-state index contributed by atoms with van der Waals surface area (Å²) in [6.45, 7) is 6.53. The zero-order valence-electron chi connectivity index (χ0n) is 19.7. The lowest BCUT2D eigenvalue weighted by molar-refractivity contribution is 0.0698. The summed E-state index contributed by atoms with van der Waals surface area (Å²) in [5.41, 5.74) is 5.00. The second-order valence-corrected chi connectivity index (χ2v) is 9.08. The lowest BCUT2D eigenvalue weighted by Crippen LogP contribution is -2.20. The van der Waals surface area contributed by atoms with Gasteiger partial charge in [0.2, 0.25) is 5.88 Å². The van der Waals surface area contributed by atoms with Crippen LogP contribution < -0.4 is 15.6 Å². The van der Waals surface area contributed by atoms with Crippen molar-refractivity contribution >= 4 is 28.5 Å². The molecule has 35 heavy (non-hydrogen) atoms. The Labute approximate surface area is 201 Å². The summed E-state index contributed by atoms with van der Waals surface area (Å²) in [5, 5.41) is 13.3. The van der Waals surface area contributed by atoms with Crippen LogP contribution in [0.4, 0.5) is 16.0 Å². The van der Waals surface area contributed by atoms with Crippen LogP contribution in [-0.2, 0) is 13.1 Å². The van der Waals surface area contributed by atoms with Crippen molar-refractivity contribution in [2.24, 2.45) is 0 Å². The molecule has 4 aromatic rings. The number of nitrogens with one attached hydrogen (secondary N) is 1. The Morgan fingerprint density at radius 3 is 2.60 bits per heavy atom. The molecular weight excluding hydrogens is 447 g/mol. The first-order valence-electron chi connectivity index (χ1n) is 11.4. The molecule has 6 nitrogen and oxygen atoms in total. The molecular formula is C28H25FN2O4. The number of aryl methyl sites for hydroxylation is 1. The Hall–Kier alpha value is -4.13. The van der Waals surface area contributed by atoms with E-state index in [1.165, 1.54) is 12.1 Å². The van der Waals surface area contributed by atoms with Crippen LogP contribution in [-0.4, -0.2) is 11.1 Å². The molecule has 0 saturated carbocycles. The Morgan fingerprint density at radius 1 is 1.09 bits per heavy atom. The highest BCUT2D eigenvalue weighted by Gasteiger charge is 2.26. The molecule has 0 amide bonds. The summed E-state index contributed by atoms with van der Waals surface area (Å²) in [6.07, 6.45) is 0. The fourth-order valence-electron chi connectivity index (χ4n) is 4.79. The van der Waals surface area contributed by atoms with Crippen LogP contribution in [0.2, 0.25) is 0 Å². The normalized spacial score (nSPS) is 13.7. The van der Waals surface area contributed by atoms with E-state index in [1.807, 2.05) is 30.9 Å². The second kappa shape index (κ2) is 8.58. The molecule has 178 valence electrons. The standard InChI is InChI=1S/C28H25FN2O4/c1-15-10-22(17(3)30-24-7-5-4-6-21(24)28(33)34)26-23(11-15)25(32)16(2)27(35-26)31-13-18-8-9-20(29)12-19(18)14-31/h4-12,17,30H,13-14H2,1-3H3,(H,33,34). The number of carboxylic acids is 1. The van der Waals surface area contributed by atoms with Crippen molar-refractivity contribution in [1.29, 1.82) is 0 Å². The van der Waals surface area contributed by atoms with Crippen molar-refractivity contribution in [3.63, 3.8) is 0 Å². The highest BCUT2D eigenvalue weighted by Crippen LogP contribution is 2.35. The number of anilines is 2. The van der Waals surface area contributed by atoms with E-state index in [0.717, 1.165) is 22.3 Å². The second-order valence-electron chi connectivity index (χ2n) is 9.08. The predicted molar refractivity (Wildman–Crippen MR) is 134 cm³/mol. The lowest BCUT2D eigenvalue weighted by atomic mass is 10.00. The number of fused-ring (bicyclic) bond motifs is 2. The molecule has 1 unspecified atom stereocenters. The summed E-state index contributed by atoms with van der Waals surface area (Å²) in [7, 11) is 0. The van der Waals surface area contributed by atoms with Gasteiger partial charge in [0.15, 0.2) is 5.43 Å². The third-order valence-electron chi connectivity index (χ3n) is 6.54. The number of hydrogen-bond donors (Lipinski definition) is 2. The molecule has 0 spiro atoms. The highest BCUT2D eigenvalue weighted by atomic mass is 19.1. The van der Waals surface area contributed by atoms with E-state index in [-0.39, 0.29) is 22.9 Å². The molecule has 5 rings (SSSR count). The van der Waals surface area contributed by atoms with Crippen molar-refractivity contribution in [3.05, 3.63) is 104 Å². The number of rotatable bonds is 5. The van der Waals surface area contributed by atoms with Crippen LogP contribution in [0, 0.1) is 19.7 Å². The molecule has 3 aromatic carbocycles. The van der Waals surface area contributed by atoms with Crippen molar-refractivity contribution < 1.29 is 18.7 Å². The maximum absolute atomic E-state index is 13.7. The Bertz CT molecular complexity index is 1540. The molecule has 1 aliphatic rings. The maximum Gasteiger partial charge on any atom is 0.337 e. The van der Waals surface area contributed by atoms with E-state index in [9.17, 15) is 19.1 Å². The van der Waals surface area contributed by atoms with Gasteiger partial charge < -0.3 is 19.7 Å². The van der Waals surface area contributed by atoms with Gasteiger partial charge in [-0.3, -0.25) is 4.79 Å². The molecule has 2 heterocycles. The van der Waals surface area contributed by atoms with Crippen LogP contribution in [0.1, 0.15) is 51.1 Å². The first kappa shape index (κ1) is 22.7. The Kier molecular flexibility index (Phi) is 5.55. The summed E-state index contributed by atoms with van der Waals surface area (Å²) < 4.78 is 20.2. The SMILES string of the molecule is Cc1cc(C(C)Nc2ccccc2C(=O)O)c2oc(N3Cc4ccc(F)cc4C3)c(C)c(=O)c2c1. The molecule has 2 N–H and O–H groups in total. The van der Waals surface area contributed by atoms with Gasteiger partial charge in [0.25, 0.3) is 0 Å². The van der Waals surface area contributed by atoms with E-state index in [4.69, 9.17) is 4.42 Å². The number of aromatic carboxylic acids is 1. The molecule has 0 aliphatic carbocycles. The third kappa shape index (κ3) is 4.03. The van der Waals surface area contributed by atoms with Crippen molar-refractivity contribution in [1.82, 2.24) is 0 Å². The first-order chi connectivity index (χ1) is 16.7. The number of halogens is 1. The zero-order chi connectivity index (χ0) is 24.9. The number of carbonyl (C=O) groups is 1. The molecule has 0 radical (unpaired) electrons. The molecule has 0 bridgehead atoms. The van der Waals surface area contributed by atoms with E-state index < -0.39 is 5.97 Å². The zero-order valence-corrected chi connectivity index (χ0v) is 19.7. The van der Waals surface area contributed by atoms with Gasteiger partial charge in [0, 0.05) is 24.3 Å². The largest absolute Gasteiger partial charge is 0.478 e. The number of para-hydroxylation sites is 1. The number of carboxylic acid groups (broad SMARTS) is 1. The first-order valence-corrected chi connectivity index (χ1v) is 11.4. The molecule has 1 aromatic heterocycles. The van der Waals surface area contributed by atoms with Crippen LogP contribution in [0.25, 0.3) is 11.0 Å². The van der Waals surface area contributed by atoms with E-state index in [0.29, 0.717) is 41.2 Å². The maximum atomic E-state index is 13.7. The van der Waals surface area contributed by atoms with E-state index in [1.54, 1.807) is 37.3 Å². The van der Waals surface area contributed by atoms with Gasteiger partial charge in [-0.2, -0.15) is 0 Å². The predicted octanol–water partition coefficient (Wildman–Crippen LogP) is 5.94. The van der Waals surface area contributed by atoms with Crippen molar-refractivity contribution in [2.75, 3.05) is 10.2 Å². The Morgan fingerprint density at radius 2 is 1.83 bits per heavy atom. The highest BCUT2D eigenvalue weighted by molar-refractivity contribution is 5.94. The fraction of sp³-hybridized carbons (Fsp3) is 0.214. The van der Waals surface area contributed by atoms with Gasteiger partial charge in [-0.25, -0.2) is 9.18 Å². The molecule has 1 atom stereocenters. The number of benzene rings is 3. The average Bonchev–Trinajstić information content (AvgIpc) is 3.24. The average molecular weight is 473 g/mol. The van der Waals surface area contributed by atoms with Gasteiger partial charge in [0.05, 0.1) is 22.6 Å². The van der Waals surface area contributed by atoms with Gasteiger partial charge in [0.1, 0.15) is 11.4 Å². The molecule has 1 aliphatic heterocycles. The summed E-state index contributed by atoms with van der Waals surface area (Å²) in [4.78, 5) is 27.0. The monoisotopic (exact) mass is 472 g/mol. The van der Waals surface area contributed by atoms with Gasteiger partial charge >= 0.3 is 5.97 Å². The van der Waals surface area contributed by atoms with Crippen LogP contribution in [0.5, 0.6) is 0 Å². The van der Waals surface area contributed by atoms with Crippen LogP contribution >= 0.6 is 0 Å². The molecule has 0 saturated heterocycles. The number of nitrogens with zero attached hydrogens (tertiary/aromatic N) is 1. The minimum atomic E-state index is -1.02. The van der Waals surface area contributed by atoms with E-state index >= 15 is 0 Å². The topological polar surface area (TPSA) is 82.8 Å². The lowest BCUT2D eigenvalue weighted by Gasteiger charge is -2.22. The fourth-order valence-corrected chi connectivity index (χ4v) is 4.79. The smallest absolute Gasteiger partial charge is 0.337 e. The minimum absolute atomic E-state index is 0.119. The number of hydrogen-bond acceptors (Lipinski definition) is 5. The van der Waals surface area contributed by atoms with Crippen LogP contribution in [0.15, 0.2) is 63.8 Å².